The van der Waals surface area contributed by atoms with E-state index in [1.165, 1.54) is 0 Å². The summed E-state index contributed by atoms with van der Waals surface area (Å²) in [6.45, 7) is 4.29. The van der Waals surface area contributed by atoms with Crippen molar-refractivity contribution in [2.24, 2.45) is 0 Å². The molecule has 0 N–H and O–H groups in total. The lowest BCUT2D eigenvalue weighted by atomic mass is 10.2. The molecule has 0 bridgehead atoms. The van der Waals surface area contributed by atoms with Crippen LogP contribution in [-0.4, -0.2) is 26.5 Å². The van der Waals surface area contributed by atoms with Crippen molar-refractivity contribution in [3.63, 3.8) is 0 Å². The smallest absolute Gasteiger partial charge is 0.189 e. The van der Waals surface area contributed by atoms with Gasteiger partial charge in [-0.1, -0.05) is 43.8 Å². The number of benzene rings is 1. The predicted molar refractivity (Wildman–Crippen MR) is 103 cm³/mol. The molecule has 0 aliphatic carbocycles. The fourth-order valence-electron chi connectivity index (χ4n) is 2.56. The molecule has 0 radical (unpaired) electrons. The zero-order valence-corrected chi connectivity index (χ0v) is 15.3. The van der Waals surface area contributed by atoms with Crippen molar-refractivity contribution in [1.29, 1.82) is 0 Å². The summed E-state index contributed by atoms with van der Waals surface area (Å²) in [6, 6.07) is 10.5. The number of thiophene rings is 1. The number of nitrogens with zero attached hydrogens (tertiary/aromatic N) is 3. The SMILES string of the molecule is CCSc1nc(SCC)c2sc3nc4ccccc4cc3c2n1. The molecule has 3 aromatic heterocycles. The van der Waals surface area contributed by atoms with Crippen molar-refractivity contribution in [2.45, 2.75) is 24.0 Å². The van der Waals surface area contributed by atoms with Gasteiger partial charge in [-0.15, -0.1) is 23.1 Å². The van der Waals surface area contributed by atoms with E-state index < -0.39 is 0 Å². The molecule has 23 heavy (non-hydrogen) atoms. The number of hydrogen-bond acceptors (Lipinski definition) is 6. The molecule has 1 aromatic carbocycles. The molecule has 0 saturated carbocycles. The average Bonchev–Trinajstić information content (AvgIpc) is 2.91. The van der Waals surface area contributed by atoms with E-state index in [9.17, 15) is 0 Å². The zero-order valence-electron chi connectivity index (χ0n) is 12.9. The monoisotopic (exact) mass is 357 g/mol. The van der Waals surface area contributed by atoms with Crippen molar-refractivity contribution in [2.75, 3.05) is 11.5 Å². The van der Waals surface area contributed by atoms with Crippen LogP contribution in [0.15, 0.2) is 40.5 Å². The van der Waals surface area contributed by atoms with Crippen molar-refractivity contribution in [3.05, 3.63) is 30.3 Å². The first-order valence-corrected chi connectivity index (χ1v) is 10.3. The van der Waals surface area contributed by atoms with Crippen molar-refractivity contribution >= 4 is 66.2 Å². The Morgan fingerprint density at radius 3 is 2.65 bits per heavy atom. The minimum atomic E-state index is 0.865. The number of pyridine rings is 1. The Morgan fingerprint density at radius 1 is 1.00 bits per heavy atom. The summed E-state index contributed by atoms with van der Waals surface area (Å²) < 4.78 is 1.16. The third kappa shape index (κ3) is 2.69. The van der Waals surface area contributed by atoms with Gasteiger partial charge in [0.2, 0.25) is 0 Å². The standard InChI is InChI=1S/C17H15N3S3/c1-3-21-16-14-13(19-17(20-16)22-4-2)11-9-10-7-5-6-8-12(10)18-15(11)23-14/h5-9H,3-4H2,1-2H3. The van der Waals surface area contributed by atoms with Gasteiger partial charge in [-0.25, -0.2) is 15.0 Å². The highest BCUT2D eigenvalue weighted by Crippen LogP contribution is 2.39. The van der Waals surface area contributed by atoms with Crippen LogP contribution in [0.1, 0.15) is 13.8 Å². The molecule has 3 nitrogen and oxygen atoms in total. The first kappa shape index (κ1) is 15.2. The summed E-state index contributed by atoms with van der Waals surface area (Å²) in [7, 11) is 0. The van der Waals surface area contributed by atoms with E-state index in [-0.39, 0.29) is 0 Å². The highest BCUT2D eigenvalue weighted by molar-refractivity contribution is 8.00. The number of hydrogen-bond donors (Lipinski definition) is 0. The molecular formula is C17H15N3S3. The molecule has 4 aromatic rings. The minimum absolute atomic E-state index is 0.865. The molecule has 0 saturated heterocycles. The van der Waals surface area contributed by atoms with Crippen LogP contribution in [0, 0.1) is 0 Å². The topological polar surface area (TPSA) is 38.7 Å². The van der Waals surface area contributed by atoms with Gasteiger partial charge >= 0.3 is 0 Å². The normalized spacial score (nSPS) is 11.7. The van der Waals surface area contributed by atoms with Crippen LogP contribution in [0.2, 0.25) is 0 Å². The van der Waals surface area contributed by atoms with Gasteiger partial charge in [-0.05, 0) is 23.6 Å². The highest BCUT2D eigenvalue weighted by Gasteiger charge is 2.15. The summed E-state index contributed by atoms with van der Waals surface area (Å²) in [5.74, 6) is 1.98. The van der Waals surface area contributed by atoms with Gasteiger partial charge < -0.3 is 0 Å². The maximum Gasteiger partial charge on any atom is 0.189 e. The van der Waals surface area contributed by atoms with E-state index in [4.69, 9.17) is 15.0 Å². The Kier molecular flexibility index (Phi) is 4.13. The molecule has 3 heterocycles. The Labute approximate surface area is 146 Å². The van der Waals surface area contributed by atoms with Gasteiger partial charge in [0.15, 0.2) is 5.16 Å². The number of aromatic nitrogens is 3. The highest BCUT2D eigenvalue weighted by atomic mass is 32.2. The molecular weight excluding hydrogens is 342 g/mol. The van der Waals surface area contributed by atoms with Crippen LogP contribution in [0.5, 0.6) is 0 Å². The molecule has 0 fully saturated rings. The van der Waals surface area contributed by atoms with Crippen molar-refractivity contribution < 1.29 is 0 Å². The van der Waals surface area contributed by atoms with Gasteiger partial charge in [-0.2, -0.15) is 0 Å². The first-order valence-electron chi connectivity index (χ1n) is 7.55. The van der Waals surface area contributed by atoms with Crippen LogP contribution in [0.25, 0.3) is 31.3 Å². The first-order chi connectivity index (χ1) is 11.3. The van der Waals surface area contributed by atoms with Gasteiger partial charge in [0.1, 0.15) is 9.86 Å². The lowest BCUT2D eigenvalue weighted by Gasteiger charge is -2.03. The lowest BCUT2D eigenvalue weighted by Crippen LogP contribution is -1.90. The second kappa shape index (κ2) is 6.26. The second-order valence-corrected chi connectivity index (χ2v) is 8.47. The predicted octanol–water partition coefficient (Wildman–Crippen LogP) is 5.62. The summed E-state index contributed by atoms with van der Waals surface area (Å²) in [4.78, 5) is 15.4. The maximum atomic E-state index is 4.83. The lowest BCUT2D eigenvalue weighted by molar-refractivity contribution is 0.938. The van der Waals surface area contributed by atoms with Crippen LogP contribution >= 0.6 is 34.9 Å². The number of rotatable bonds is 4. The summed E-state index contributed by atoms with van der Waals surface area (Å²) in [6.07, 6.45) is 0. The zero-order chi connectivity index (χ0) is 15.8. The third-order valence-corrected chi connectivity index (χ3v) is 6.32. The van der Waals surface area contributed by atoms with Crippen molar-refractivity contribution in [3.8, 4) is 0 Å². The van der Waals surface area contributed by atoms with E-state index in [2.05, 4.69) is 38.1 Å². The number of thioether (sulfide) groups is 2. The molecule has 0 aliphatic rings. The average molecular weight is 358 g/mol. The Balaban J connectivity index is 2.07. The van der Waals surface area contributed by atoms with Crippen LogP contribution in [-0.2, 0) is 0 Å². The Hall–Kier alpha value is -1.37. The summed E-state index contributed by atoms with van der Waals surface area (Å²) >= 11 is 5.18. The fraction of sp³-hybridized carbons (Fsp3) is 0.235. The van der Waals surface area contributed by atoms with E-state index in [0.29, 0.717) is 0 Å². The van der Waals surface area contributed by atoms with Crippen molar-refractivity contribution in [1.82, 2.24) is 15.0 Å². The molecule has 0 aliphatic heterocycles. The molecule has 0 unspecified atom stereocenters. The summed E-state index contributed by atoms with van der Waals surface area (Å²) in [5.41, 5.74) is 2.08. The van der Waals surface area contributed by atoms with Gasteiger partial charge in [-0.3, -0.25) is 0 Å². The van der Waals surface area contributed by atoms with Gasteiger partial charge in [0, 0.05) is 10.8 Å². The van der Waals surface area contributed by atoms with Gasteiger partial charge in [0.25, 0.3) is 0 Å². The van der Waals surface area contributed by atoms with E-state index in [1.807, 2.05) is 6.07 Å². The van der Waals surface area contributed by atoms with Crippen LogP contribution < -0.4 is 0 Å². The Bertz CT molecular complexity index is 1010. The molecule has 116 valence electrons. The third-order valence-electron chi connectivity index (χ3n) is 3.51. The second-order valence-electron chi connectivity index (χ2n) is 4.99. The fourth-order valence-corrected chi connectivity index (χ4v) is 5.13. The van der Waals surface area contributed by atoms with E-state index in [1.54, 1.807) is 34.9 Å². The quantitative estimate of drug-likeness (QED) is 0.269. The van der Waals surface area contributed by atoms with Crippen LogP contribution in [0.3, 0.4) is 0 Å². The van der Waals surface area contributed by atoms with Crippen LogP contribution in [0.4, 0.5) is 0 Å². The largest absolute Gasteiger partial charge is 0.237 e. The maximum absolute atomic E-state index is 4.83. The van der Waals surface area contributed by atoms with Gasteiger partial charge in [0.05, 0.1) is 15.7 Å². The Morgan fingerprint density at radius 2 is 1.83 bits per heavy atom. The van der Waals surface area contributed by atoms with E-state index >= 15 is 0 Å². The number of para-hydroxylation sites is 1. The molecule has 0 spiro atoms. The molecule has 4 rings (SSSR count). The number of fused-ring (bicyclic) bond motifs is 4. The summed E-state index contributed by atoms with van der Waals surface area (Å²) in [5, 5.41) is 4.25. The minimum Gasteiger partial charge on any atom is -0.237 e. The van der Waals surface area contributed by atoms with E-state index in [0.717, 1.165) is 53.0 Å². The molecule has 6 heteroatoms. The molecule has 0 atom stereocenters. The molecule has 0 amide bonds.